The van der Waals surface area contributed by atoms with Gasteiger partial charge in [-0.15, -0.1) is 5.10 Å². The van der Waals surface area contributed by atoms with Crippen LogP contribution in [0.5, 0.6) is 5.75 Å². The second-order valence-electron chi connectivity index (χ2n) is 3.27. The maximum Gasteiger partial charge on any atom is 0.153 e. The molecule has 2 aromatic rings. The molecule has 0 atom stereocenters. The van der Waals surface area contributed by atoms with E-state index in [4.69, 9.17) is 10.5 Å². The minimum Gasteiger partial charge on any atom is -0.492 e. The van der Waals surface area contributed by atoms with Crippen LogP contribution in [0.4, 0.5) is 0 Å². The van der Waals surface area contributed by atoms with Crippen LogP contribution in [0.3, 0.4) is 0 Å². The van der Waals surface area contributed by atoms with Crippen molar-refractivity contribution < 1.29 is 4.74 Å². The van der Waals surface area contributed by atoms with Gasteiger partial charge < -0.3 is 10.5 Å². The summed E-state index contributed by atoms with van der Waals surface area (Å²) in [7, 11) is 0. The van der Waals surface area contributed by atoms with Crippen molar-refractivity contribution in [1.82, 2.24) is 20.2 Å². The Hall–Kier alpha value is -1.95. The molecule has 84 valence electrons. The summed E-state index contributed by atoms with van der Waals surface area (Å²) in [6.07, 6.45) is 0. The van der Waals surface area contributed by atoms with E-state index < -0.39 is 0 Å². The molecule has 0 aliphatic heterocycles. The number of nitrogens with two attached hydrogens (primary N) is 1. The zero-order valence-corrected chi connectivity index (χ0v) is 9.00. The van der Waals surface area contributed by atoms with Crippen molar-refractivity contribution in [2.24, 2.45) is 5.73 Å². The van der Waals surface area contributed by atoms with E-state index in [1.807, 2.05) is 31.2 Å². The minimum atomic E-state index is 0.508. The molecule has 1 heterocycles. The molecule has 0 saturated heterocycles. The molecule has 0 fully saturated rings. The molecule has 0 amide bonds. The fourth-order valence-corrected chi connectivity index (χ4v) is 1.33. The third-order valence-electron chi connectivity index (χ3n) is 2.09. The third-order valence-corrected chi connectivity index (χ3v) is 2.09. The summed E-state index contributed by atoms with van der Waals surface area (Å²) in [5, 5.41) is 11.3. The van der Waals surface area contributed by atoms with E-state index in [2.05, 4.69) is 15.5 Å². The fourth-order valence-electron chi connectivity index (χ4n) is 1.33. The average molecular weight is 219 g/mol. The first-order chi connectivity index (χ1) is 7.81. The summed E-state index contributed by atoms with van der Waals surface area (Å²) in [6, 6.07) is 7.53. The van der Waals surface area contributed by atoms with Crippen LogP contribution in [0.2, 0.25) is 0 Å². The van der Waals surface area contributed by atoms with Crippen molar-refractivity contribution >= 4 is 0 Å². The molecular weight excluding hydrogens is 206 g/mol. The zero-order chi connectivity index (χ0) is 11.4. The number of benzene rings is 1. The third kappa shape index (κ3) is 2.17. The minimum absolute atomic E-state index is 0.508. The number of nitrogens with zero attached hydrogens (tertiary/aromatic N) is 4. The van der Waals surface area contributed by atoms with E-state index in [0.717, 1.165) is 17.3 Å². The van der Waals surface area contributed by atoms with Crippen LogP contribution in [0, 0.1) is 6.92 Å². The highest BCUT2D eigenvalue weighted by Gasteiger charge is 2.02. The van der Waals surface area contributed by atoms with Crippen molar-refractivity contribution in [1.29, 1.82) is 0 Å². The molecule has 1 aromatic carbocycles. The first-order valence-corrected chi connectivity index (χ1v) is 4.99. The Morgan fingerprint density at radius 3 is 2.62 bits per heavy atom. The van der Waals surface area contributed by atoms with Gasteiger partial charge in [0.25, 0.3) is 0 Å². The van der Waals surface area contributed by atoms with Gasteiger partial charge in [-0.2, -0.15) is 4.68 Å². The molecule has 0 spiro atoms. The lowest BCUT2D eigenvalue weighted by molar-refractivity contribution is 0.328. The summed E-state index contributed by atoms with van der Waals surface area (Å²) in [4.78, 5) is 0. The average Bonchev–Trinajstić information content (AvgIpc) is 2.74. The monoisotopic (exact) mass is 219 g/mol. The Morgan fingerprint density at radius 2 is 2.06 bits per heavy atom. The molecule has 0 saturated carbocycles. The van der Waals surface area contributed by atoms with Crippen molar-refractivity contribution in [3.05, 3.63) is 30.1 Å². The summed E-state index contributed by atoms with van der Waals surface area (Å²) >= 11 is 0. The molecule has 6 nitrogen and oxygen atoms in total. The fraction of sp³-hybridized carbons (Fsp3) is 0.300. The molecule has 0 radical (unpaired) electrons. The Bertz CT molecular complexity index is 450. The van der Waals surface area contributed by atoms with E-state index in [9.17, 15) is 0 Å². The predicted molar refractivity (Wildman–Crippen MR) is 58.4 cm³/mol. The van der Waals surface area contributed by atoms with Crippen LogP contribution in [0.25, 0.3) is 5.69 Å². The molecule has 0 aliphatic rings. The van der Waals surface area contributed by atoms with Crippen LogP contribution in [0.15, 0.2) is 24.3 Å². The highest BCUT2D eigenvalue weighted by molar-refractivity contribution is 5.36. The van der Waals surface area contributed by atoms with Crippen molar-refractivity contribution in [3.63, 3.8) is 0 Å². The number of rotatable bonds is 4. The van der Waals surface area contributed by atoms with Gasteiger partial charge in [-0.25, -0.2) is 0 Å². The van der Waals surface area contributed by atoms with Crippen LogP contribution >= 0.6 is 0 Å². The first kappa shape index (κ1) is 10.6. The van der Waals surface area contributed by atoms with E-state index in [0.29, 0.717) is 13.2 Å². The number of aryl methyl sites for hydroxylation is 1. The molecule has 0 unspecified atom stereocenters. The summed E-state index contributed by atoms with van der Waals surface area (Å²) in [5.41, 5.74) is 6.25. The highest BCUT2D eigenvalue weighted by Crippen LogP contribution is 2.14. The number of tetrazole rings is 1. The van der Waals surface area contributed by atoms with Crippen LogP contribution < -0.4 is 10.5 Å². The summed E-state index contributed by atoms with van der Waals surface area (Å²) < 4.78 is 7.03. The number of aromatic nitrogens is 4. The molecular formula is C10H13N5O. The first-order valence-electron chi connectivity index (χ1n) is 4.99. The largest absolute Gasteiger partial charge is 0.492 e. The second-order valence-corrected chi connectivity index (χ2v) is 3.27. The van der Waals surface area contributed by atoms with Crippen molar-refractivity contribution in [3.8, 4) is 11.4 Å². The predicted octanol–water partition coefficient (Wildman–Crippen LogP) is 0.308. The molecule has 0 aliphatic carbocycles. The van der Waals surface area contributed by atoms with Gasteiger partial charge in [0.05, 0.1) is 5.69 Å². The molecule has 2 N–H and O–H groups in total. The lowest BCUT2D eigenvalue weighted by atomic mass is 10.3. The van der Waals surface area contributed by atoms with Crippen molar-refractivity contribution in [2.75, 3.05) is 13.2 Å². The van der Waals surface area contributed by atoms with Crippen LogP contribution in [0.1, 0.15) is 5.82 Å². The summed E-state index contributed by atoms with van der Waals surface area (Å²) in [5.74, 6) is 1.54. The molecule has 6 heteroatoms. The molecule has 2 rings (SSSR count). The Morgan fingerprint density at radius 1 is 1.31 bits per heavy atom. The van der Waals surface area contributed by atoms with Gasteiger partial charge in [0.15, 0.2) is 5.82 Å². The van der Waals surface area contributed by atoms with Gasteiger partial charge >= 0.3 is 0 Å². The van der Waals surface area contributed by atoms with E-state index in [-0.39, 0.29) is 0 Å². The lowest BCUT2D eigenvalue weighted by Crippen LogP contribution is -2.10. The lowest BCUT2D eigenvalue weighted by Gasteiger charge is -2.05. The molecule has 16 heavy (non-hydrogen) atoms. The SMILES string of the molecule is Cc1nnnn1-c1ccc(OCCN)cc1. The van der Waals surface area contributed by atoms with E-state index in [1.165, 1.54) is 0 Å². The van der Waals surface area contributed by atoms with Gasteiger partial charge in [-0.3, -0.25) is 0 Å². The van der Waals surface area contributed by atoms with Gasteiger partial charge in [-0.1, -0.05) is 0 Å². The second kappa shape index (κ2) is 4.71. The standard InChI is InChI=1S/C10H13N5O/c1-8-12-13-14-15(8)9-2-4-10(5-3-9)16-7-6-11/h2-5H,6-7,11H2,1H3. The Labute approximate surface area is 93.0 Å². The quantitative estimate of drug-likeness (QED) is 0.800. The Balaban J connectivity index is 2.16. The number of ether oxygens (including phenoxy) is 1. The topological polar surface area (TPSA) is 78.8 Å². The molecule has 0 bridgehead atoms. The summed E-state index contributed by atoms with van der Waals surface area (Å²) in [6.45, 7) is 2.87. The van der Waals surface area contributed by atoms with Gasteiger partial charge in [0, 0.05) is 6.54 Å². The maximum atomic E-state index is 5.37. The van der Waals surface area contributed by atoms with E-state index in [1.54, 1.807) is 4.68 Å². The maximum absolute atomic E-state index is 5.37. The normalized spacial score (nSPS) is 10.4. The van der Waals surface area contributed by atoms with Gasteiger partial charge in [-0.05, 0) is 41.6 Å². The Kier molecular flexibility index (Phi) is 3.11. The van der Waals surface area contributed by atoms with Crippen LogP contribution in [-0.2, 0) is 0 Å². The molecule has 1 aromatic heterocycles. The smallest absolute Gasteiger partial charge is 0.153 e. The van der Waals surface area contributed by atoms with E-state index >= 15 is 0 Å². The van der Waals surface area contributed by atoms with Crippen molar-refractivity contribution in [2.45, 2.75) is 6.92 Å². The van der Waals surface area contributed by atoms with Gasteiger partial charge in [0.1, 0.15) is 12.4 Å². The number of hydrogen-bond donors (Lipinski definition) is 1. The number of hydrogen-bond acceptors (Lipinski definition) is 5. The highest BCUT2D eigenvalue weighted by atomic mass is 16.5. The van der Waals surface area contributed by atoms with Crippen LogP contribution in [-0.4, -0.2) is 33.4 Å². The zero-order valence-electron chi connectivity index (χ0n) is 9.00. The van der Waals surface area contributed by atoms with Gasteiger partial charge in [0.2, 0.25) is 0 Å².